The number of carbonyl (C=O) groups is 1. The van der Waals surface area contributed by atoms with E-state index in [0.717, 1.165) is 32.9 Å². The van der Waals surface area contributed by atoms with Crippen molar-refractivity contribution in [2.24, 2.45) is 0 Å². The summed E-state index contributed by atoms with van der Waals surface area (Å²) in [5, 5.41) is 11.6. The van der Waals surface area contributed by atoms with Crippen LogP contribution in [0.2, 0.25) is 0 Å². The smallest absolute Gasteiger partial charge is 0.357 e. The number of esters is 1. The second kappa shape index (κ2) is 6.13. The number of aromatic nitrogens is 2. The van der Waals surface area contributed by atoms with Crippen LogP contribution in [0, 0.1) is 6.92 Å². The summed E-state index contributed by atoms with van der Waals surface area (Å²) >= 11 is 0. The number of nitrogens with zero attached hydrogens (tertiary/aromatic N) is 1. The van der Waals surface area contributed by atoms with Crippen molar-refractivity contribution in [2.45, 2.75) is 32.5 Å². The van der Waals surface area contributed by atoms with Crippen LogP contribution in [0.4, 0.5) is 0 Å². The van der Waals surface area contributed by atoms with E-state index in [1.165, 1.54) is 0 Å². The Kier molecular flexibility index (Phi) is 3.94. The Morgan fingerprint density at radius 2 is 2.28 bits per heavy atom. The molecule has 2 atom stereocenters. The summed E-state index contributed by atoms with van der Waals surface area (Å²) in [4.78, 5) is 19.8. The van der Waals surface area contributed by atoms with Gasteiger partial charge in [0.15, 0.2) is 12.0 Å². The lowest BCUT2D eigenvalue weighted by atomic mass is 9.95. The molecule has 130 valence electrons. The van der Waals surface area contributed by atoms with Crippen molar-refractivity contribution in [1.82, 2.24) is 9.97 Å². The molecule has 0 radical (unpaired) electrons. The number of rotatable bonds is 3. The van der Waals surface area contributed by atoms with Crippen LogP contribution in [-0.4, -0.2) is 40.5 Å². The summed E-state index contributed by atoms with van der Waals surface area (Å²) in [6.07, 6.45) is 1.59. The molecule has 1 aliphatic heterocycles. The van der Waals surface area contributed by atoms with Gasteiger partial charge in [-0.3, -0.25) is 0 Å². The van der Waals surface area contributed by atoms with Crippen molar-refractivity contribution in [3.8, 4) is 0 Å². The number of hydrogen-bond acceptors (Lipinski definition) is 5. The van der Waals surface area contributed by atoms with Gasteiger partial charge in [0.25, 0.3) is 0 Å². The molecule has 0 amide bonds. The monoisotopic (exact) mass is 340 g/mol. The van der Waals surface area contributed by atoms with Gasteiger partial charge in [0.05, 0.1) is 24.9 Å². The number of fused-ring (bicyclic) bond motifs is 3. The number of ether oxygens (including phenoxy) is 2. The zero-order valence-corrected chi connectivity index (χ0v) is 14.2. The van der Waals surface area contributed by atoms with Gasteiger partial charge in [-0.2, -0.15) is 0 Å². The van der Waals surface area contributed by atoms with Crippen LogP contribution < -0.4 is 0 Å². The van der Waals surface area contributed by atoms with E-state index in [1.54, 1.807) is 13.1 Å². The number of hydrogen-bond donors (Lipinski definition) is 2. The summed E-state index contributed by atoms with van der Waals surface area (Å²) in [7, 11) is 0. The lowest BCUT2D eigenvalue weighted by Crippen LogP contribution is -2.09. The molecule has 6 heteroatoms. The molecule has 2 aromatic heterocycles. The number of carbonyl (C=O) groups excluding carboxylic acids is 1. The van der Waals surface area contributed by atoms with Crippen LogP contribution in [0.3, 0.4) is 0 Å². The average molecular weight is 340 g/mol. The van der Waals surface area contributed by atoms with Gasteiger partial charge >= 0.3 is 5.97 Å². The minimum absolute atomic E-state index is 0.177. The molecule has 6 nitrogen and oxygen atoms in total. The van der Waals surface area contributed by atoms with Crippen LogP contribution in [0.15, 0.2) is 24.4 Å². The topological polar surface area (TPSA) is 84.4 Å². The highest BCUT2D eigenvalue weighted by molar-refractivity contribution is 6.11. The fraction of sp³-hybridized carbons (Fsp3) is 0.368. The summed E-state index contributed by atoms with van der Waals surface area (Å²) in [6.45, 7) is 4.51. The molecule has 3 aromatic rings. The minimum Gasteiger partial charge on any atom is -0.461 e. The molecular weight excluding hydrogens is 320 g/mol. The molecule has 1 aromatic carbocycles. The third-order valence-electron chi connectivity index (χ3n) is 4.82. The summed E-state index contributed by atoms with van der Waals surface area (Å²) < 4.78 is 10.4. The third-order valence-corrected chi connectivity index (χ3v) is 4.82. The van der Waals surface area contributed by atoms with Crippen LogP contribution >= 0.6 is 0 Å². The predicted molar refractivity (Wildman–Crippen MR) is 93.6 cm³/mol. The second-order valence-electron chi connectivity index (χ2n) is 6.39. The third kappa shape index (κ3) is 2.67. The first-order valence-electron chi connectivity index (χ1n) is 8.46. The maximum atomic E-state index is 12.1. The van der Waals surface area contributed by atoms with Crippen LogP contribution in [-0.2, 0) is 9.47 Å². The minimum atomic E-state index is -0.690. The molecule has 4 rings (SSSR count). The first-order valence-corrected chi connectivity index (χ1v) is 8.46. The number of benzene rings is 1. The van der Waals surface area contributed by atoms with E-state index in [9.17, 15) is 9.90 Å². The second-order valence-corrected chi connectivity index (χ2v) is 6.39. The molecule has 2 unspecified atom stereocenters. The maximum Gasteiger partial charge on any atom is 0.357 e. The van der Waals surface area contributed by atoms with Gasteiger partial charge in [0, 0.05) is 28.6 Å². The van der Waals surface area contributed by atoms with Gasteiger partial charge in [-0.15, -0.1) is 0 Å². The Morgan fingerprint density at radius 1 is 1.44 bits per heavy atom. The van der Waals surface area contributed by atoms with Crippen molar-refractivity contribution in [2.75, 3.05) is 13.2 Å². The van der Waals surface area contributed by atoms with E-state index in [-0.39, 0.29) is 5.92 Å². The Bertz CT molecular complexity index is 963. The zero-order valence-electron chi connectivity index (χ0n) is 14.2. The first kappa shape index (κ1) is 16.1. The van der Waals surface area contributed by atoms with Crippen molar-refractivity contribution >= 4 is 27.8 Å². The number of nitrogens with one attached hydrogen (secondary N) is 1. The number of pyridine rings is 1. The van der Waals surface area contributed by atoms with Gasteiger partial charge in [-0.25, -0.2) is 9.78 Å². The quantitative estimate of drug-likeness (QED) is 0.716. The van der Waals surface area contributed by atoms with E-state index in [1.807, 2.05) is 13.0 Å². The summed E-state index contributed by atoms with van der Waals surface area (Å²) in [5.41, 5.74) is 4.16. The number of H-pyrrole nitrogens is 1. The normalized spacial score (nSPS) is 20.4. The first-order chi connectivity index (χ1) is 12.1. The molecule has 1 aliphatic rings. The zero-order chi connectivity index (χ0) is 17.6. The van der Waals surface area contributed by atoms with Crippen LogP contribution in [0.5, 0.6) is 0 Å². The molecule has 0 bridgehead atoms. The Morgan fingerprint density at radius 3 is 3.00 bits per heavy atom. The number of aromatic amines is 1. The molecular formula is C19H20N2O4. The lowest BCUT2D eigenvalue weighted by Gasteiger charge is -2.09. The van der Waals surface area contributed by atoms with E-state index < -0.39 is 12.3 Å². The maximum absolute atomic E-state index is 12.1. The van der Waals surface area contributed by atoms with Crippen molar-refractivity contribution in [1.29, 1.82) is 0 Å². The van der Waals surface area contributed by atoms with Crippen LogP contribution in [0.25, 0.3) is 21.8 Å². The van der Waals surface area contributed by atoms with Gasteiger partial charge in [0.1, 0.15) is 0 Å². The average Bonchev–Trinajstić information content (AvgIpc) is 3.18. The standard InChI is InChI=1S/C19H20N2O4/c1-3-24-19(23)18-10(2)17-13-6-11(12-7-16(22)25-9-12)4-5-14(13)21-15(17)8-20-18/h4-6,8,12,16,21-22H,3,7,9H2,1-2H3. The molecule has 1 fully saturated rings. The SMILES string of the molecule is CCOC(=O)c1ncc2[nH]c3ccc(C4COC(O)C4)cc3c2c1C. The van der Waals surface area contributed by atoms with Gasteiger partial charge in [-0.05, 0) is 37.1 Å². The fourth-order valence-corrected chi connectivity index (χ4v) is 3.57. The molecule has 0 saturated carbocycles. The molecule has 0 aliphatic carbocycles. The van der Waals surface area contributed by atoms with Crippen molar-refractivity contribution in [3.63, 3.8) is 0 Å². The van der Waals surface area contributed by atoms with Crippen LogP contribution in [0.1, 0.15) is 40.9 Å². The van der Waals surface area contributed by atoms with Crippen molar-refractivity contribution in [3.05, 3.63) is 41.2 Å². The summed E-state index contributed by atoms with van der Waals surface area (Å²) in [5.74, 6) is -0.226. The van der Waals surface area contributed by atoms with E-state index in [0.29, 0.717) is 25.3 Å². The van der Waals surface area contributed by atoms with E-state index >= 15 is 0 Å². The lowest BCUT2D eigenvalue weighted by molar-refractivity contribution is -0.0590. The fourth-order valence-electron chi connectivity index (χ4n) is 3.57. The predicted octanol–water partition coefficient (Wildman–Crippen LogP) is 3.02. The highest BCUT2D eigenvalue weighted by Crippen LogP contribution is 2.34. The molecule has 1 saturated heterocycles. The Balaban J connectivity index is 1.87. The van der Waals surface area contributed by atoms with Gasteiger partial charge < -0.3 is 19.6 Å². The number of aliphatic hydroxyl groups excluding tert-OH is 1. The van der Waals surface area contributed by atoms with Crippen molar-refractivity contribution < 1.29 is 19.4 Å². The Labute approximate surface area is 144 Å². The summed E-state index contributed by atoms with van der Waals surface area (Å²) in [6, 6.07) is 6.19. The van der Waals surface area contributed by atoms with E-state index in [4.69, 9.17) is 9.47 Å². The molecule has 3 heterocycles. The molecule has 25 heavy (non-hydrogen) atoms. The highest BCUT2D eigenvalue weighted by atomic mass is 16.6. The molecule has 0 spiro atoms. The molecule has 2 N–H and O–H groups in total. The van der Waals surface area contributed by atoms with Gasteiger partial charge in [-0.1, -0.05) is 6.07 Å². The number of aliphatic hydroxyl groups is 1. The largest absolute Gasteiger partial charge is 0.461 e. The van der Waals surface area contributed by atoms with E-state index in [2.05, 4.69) is 22.1 Å². The number of aryl methyl sites for hydroxylation is 1. The van der Waals surface area contributed by atoms with Gasteiger partial charge in [0.2, 0.25) is 0 Å². The highest BCUT2D eigenvalue weighted by Gasteiger charge is 2.25. The Hall–Kier alpha value is -2.44.